The molecule has 5 N–H and O–H groups in total. The fourth-order valence-electron chi connectivity index (χ4n) is 5.45. The van der Waals surface area contributed by atoms with Crippen LogP contribution in [0.25, 0.3) is 22.2 Å². The molecule has 3 aliphatic rings. The van der Waals surface area contributed by atoms with E-state index < -0.39 is 83.5 Å². The third-order valence-corrected chi connectivity index (χ3v) is 10.5. The molecule has 10 atom stereocenters. The van der Waals surface area contributed by atoms with E-state index in [4.69, 9.17) is 62.4 Å². The summed E-state index contributed by atoms with van der Waals surface area (Å²) in [5.74, 6) is 0. The van der Waals surface area contributed by atoms with Crippen LogP contribution in [0.5, 0.6) is 0 Å². The van der Waals surface area contributed by atoms with Crippen LogP contribution in [0, 0.1) is 0 Å². The largest absolute Gasteiger partial charge is 0.472 e. The SMILES string of the molecule is O=c1[nH]cnc2c1ncn2[C@@H]1O[C@@H]2COP(=O)(O)OC3C(O)[C@@H](COP(=O)(O)OC2C1O)O[C@H]3n1c(Cl)nc2cc(Cl)c(Cl)cc21. The number of aliphatic hydroxyl groups is 2. The number of nitrogens with one attached hydrogen (secondary N) is 1. The minimum atomic E-state index is -5.13. The van der Waals surface area contributed by atoms with Crippen molar-refractivity contribution in [2.24, 2.45) is 0 Å². The Kier molecular flexibility index (Phi) is 8.37. The van der Waals surface area contributed by atoms with Gasteiger partial charge in [-0.1, -0.05) is 23.2 Å². The number of phosphoric ester groups is 2. The van der Waals surface area contributed by atoms with E-state index in [0.29, 0.717) is 0 Å². The van der Waals surface area contributed by atoms with Gasteiger partial charge in [-0.05, 0) is 23.7 Å². The van der Waals surface area contributed by atoms with Crippen molar-refractivity contribution < 1.29 is 56.7 Å². The van der Waals surface area contributed by atoms with Crippen molar-refractivity contribution in [3.63, 3.8) is 0 Å². The van der Waals surface area contributed by atoms with Crippen LogP contribution in [0.1, 0.15) is 12.5 Å². The molecule has 7 rings (SSSR count). The maximum absolute atomic E-state index is 13.3. The Morgan fingerprint density at radius 2 is 1.54 bits per heavy atom. The first-order valence-corrected chi connectivity index (χ1v) is 17.3. The van der Waals surface area contributed by atoms with Gasteiger partial charge in [0.15, 0.2) is 23.6 Å². The van der Waals surface area contributed by atoms with Gasteiger partial charge >= 0.3 is 15.6 Å². The predicted octanol–water partition coefficient (Wildman–Crippen LogP) is 1.66. The molecule has 3 aromatic heterocycles. The fourth-order valence-corrected chi connectivity index (χ4v) is 7.94. The topological polar surface area (TPSA) is 252 Å². The van der Waals surface area contributed by atoms with Crippen LogP contribution < -0.4 is 5.56 Å². The van der Waals surface area contributed by atoms with E-state index in [-0.39, 0.29) is 37.5 Å². The van der Waals surface area contributed by atoms with Gasteiger partial charge in [-0.15, -0.1) is 0 Å². The zero-order valence-electron chi connectivity index (χ0n) is 22.6. The Bertz CT molecular complexity index is 1990. The molecule has 0 radical (unpaired) electrons. The number of phosphoric acid groups is 2. The maximum Gasteiger partial charge on any atom is 0.472 e. The van der Waals surface area contributed by atoms with Gasteiger partial charge in [0.25, 0.3) is 5.56 Å². The molecule has 6 unspecified atom stereocenters. The zero-order valence-corrected chi connectivity index (χ0v) is 26.6. The number of rotatable bonds is 2. The number of aromatic nitrogens is 6. The van der Waals surface area contributed by atoms with Crippen LogP contribution in [0.3, 0.4) is 0 Å². The number of benzene rings is 1. The summed E-state index contributed by atoms with van der Waals surface area (Å²) in [4.78, 5) is 48.0. The molecule has 0 aliphatic carbocycles. The third-order valence-electron chi connectivity index (χ3n) is 7.52. The molecule has 0 spiro atoms. The number of hydrogen-bond donors (Lipinski definition) is 5. The highest BCUT2D eigenvalue weighted by Crippen LogP contribution is 2.54. The molecule has 4 aromatic rings. The second kappa shape index (κ2) is 11.8. The quantitative estimate of drug-likeness (QED) is 0.183. The third kappa shape index (κ3) is 5.72. The number of aromatic amines is 1. The van der Waals surface area contributed by atoms with Crippen molar-refractivity contribution in [1.82, 2.24) is 29.1 Å². The molecule has 1 aromatic carbocycles. The smallest absolute Gasteiger partial charge is 0.387 e. The van der Waals surface area contributed by atoms with E-state index in [0.717, 1.165) is 12.7 Å². The average molecular weight is 746 g/mol. The number of aliphatic hydroxyl groups excluding tert-OH is 2. The first-order chi connectivity index (χ1) is 21.7. The Hall–Kier alpha value is -2.03. The van der Waals surface area contributed by atoms with E-state index in [9.17, 15) is 33.9 Å². The molecule has 24 heteroatoms. The van der Waals surface area contributed by atoms with Crippen molar-refractivity contribution in [3.05, 3.63) is 50.5 Å². The molecule has 3 fully saturated rings. The van der Waals surface area contributed by atoms with Crippen LogP contribution in [-0.4, -0.2) is 98.9 Å². The number of hydrogen-bond acceptors (Lipinski definition) is 14. The Balaban J connectivity index is 1.22. The predicted molar refractivity (Wildman–Crippen MR) is 154 cm³/mol. The van der Waals surface area contributed by atoms with Crippen molar-refractivity contribution in [1.29, 1.82) is 0 Å². The van der Waals surface area contributed by atoms with Gasteiger partial charge < -0.3 is 34.5 Å². The maximum atomic E-state index is 13.3. The Morgan fingerprint density at radius 1 is 0.891 bits per heavy atom. The minimum absolute atomic E-state index is 0.00915. The summed E-state index contributed by atoms with van der Waals surface area (Å²) in [5, 5.41) is 22.3. The lowest BCUT2D eigenvalue weighted by Gasteiger charge is -2.26. The second-order valence-corrected chi connectivity index (χ2v) is 14.3. The zero-order chi connectivity index (χ0) is 32.7. The lowest BCUT2D eigenvalue weighted by molar-refractivity contribution is -0.0670. The molecule has 3 saturated heterocycles. The van der Waals surface area contributed by atoms with Crippen molar-refractivity contribution in [2.45, 2.75) is 49.1 Å². The molecule has 6 heterocycles. The summed E-state index contributed by atoms with van der Waals surface area (Å²) in [6.07, 6.45) is -10.6. The van der Waals surface area contributed by atoms with E-state index in [1.807, 2.05) is 0 Å². The molecular weight excluding hydrogens is 725 g/mol. The normalized spacial score (nSPS) is 37.2. The highest BCUT2D eigenvalue weighted by molar-refractivity contribution is 7.47. The Labute approximate surface area is 270 Å². The van der Waals surface area contributed by atoms with Gasteiger partial charge in [-0.25, -0.2) is 24.1 Å². The van der Waals surface area contributed by atoms with E-state index in [1.165, 1.54) is 21.3 Å². The van der Waals surface area contributed by atoms with Crippen molar-refractivity contribution in [3.8, 4) is 0 Å². The summed E-state index contributed by atoms with van der Waals surface area (Å²) in [7, 11) is -10.2. The number of H-pyrrole nitrogens is 1. The van der Waals surface area contributed by atoms with Gasteiger partial charge in [-0.3, -0.25) is 32.0 Å². The second-order valence-electron chi connectivity index (χ2n) is 10.3. The fraction of sp³-hybridized carbons (Fsp3) is 0.455. The van der Waals surface area contributed by atoms with Crippen LogP contribution >= 0.6 is 50.4 Å². The van der Waals surface area contributed by atoms with Gasteiger partial charge in [-0.2, -0.15) is 0 Å². The highest BCUT2D eigenvalue weighted by atomic mass is 35.5. The molecular formula is C22H21Cl3N6O13P2. The highest BCUT2D eigenvalue weighted by Gasteiger charge is 2.54. The Morgan fingerprint density at radius 3 is 2.28 bits per heavy atom. The van der Waals surface area contributed by atoms with E-state index in [2.05, 4.69) is 19.9 Å². The van der Waals surface area contributed by atoms with E-state index in [1.54, 1.807) is 0 Å². The van der Waals surface area contributed by atoms with E-state index >= 15 is 0 Å². The number of fused-ring (bicyclic) bond motifs is 5. The van der Waals surface area contributed by atoms with Crippen LogP contribution in [0.4, 0.5) is 0 Å². The molecule has 2 bridgehead atoms. The van der Waals surface area contributed by atoms with Crippen LogP contribution in [0.2, 0.25) is 15.3 Å². The average Bonchev–Trinajstić information content (AvgIpc) is 3.71. The lowest BCUT2D eigenvalue weighted by Crippen LogP contribution is -2.36. The van der Waals surface area contributed by atoms with Gasteiger partial charge in [0.05, 0.1) is 46.9 Å². The first-order valence-electron chi connectivity index (χ1n) is 13.1. The molecule has 3 aliphatic heterocycles. The minimum Gasteiger partial charge on any atom is -0.387 e. The monoisotopic (exact) mass is 744 g/mol. The number of nitrogens with zero attached hydrogens (tertiary/aromatic N) is 5. The van der Waals surface area contributed by atoms with Crippen LogP contribution in [-0.2, 0) is 36.7 Å². The molecule has 248 valence electrons. The summed E-state index contributed by atoms with van der Waals surface area (Å²) in [5.41, 5.74) is -0.195. The number of ether oxygens (including phenoxy) is 2. The number of imidazole rings is 2. The van der Waals surface area contributed by atoms with Crippen LogP contribution in [0.15, 0.2) is 29.6 Å². The lowest BCUT2D eigenvalue weighted by atomic mass is 10.1. The van der Waals surface area contributed by atoms with Gasteiger partial charge in [0, 0.05) is 0 Å². The van der Waals surface area contributed by atoms with Gasteiger partial charge in [0.1, 0.15) is 36.6 Å². The molecule has 0 saturated carbocycles. The van der Waals surface area contributed by atoms with Gasteiger partial charge in [0.2, 0.25) is 5.28 Å². The summed E-state index contributed by atoms with van der Waals surface area (Å²) >= 11 is 18.7. The molecule has 0 amide bonds. The summed E-state index contributed by atoms with van der Waals surface area (Å²) < 4.78 is 61.3. The molecule has 19 nitrogen and oxygen atoms in total. The summed E-state index contributed by atoms with van der Waals surface area (Å²) in [6, 6.07) is 2.81. The van der Waals surface area contributed by atoms with Crippen molar-refractivity contribution >= 4 is 72.6 Å². The first kappa shape index (κ1) is 32.5. The van der Waals surface area contributed by atoms with Crippen molar-refractivity contribution in [2.75, 3.05) is 13.2 Å². The molecule has 46 heavy (non-hydrogen) atoms. The summed E-state index contributed by atoms with van der Waals surface area (Å²) in [6.45, 7) is -1.66. The standard InChI is InChI=1S/C22H21Cl3N6O13P2/c23-7-1-9-10(2-8(7)24)31(22(25)29-9)21-17-14(32)11(41-21)3-39-45(35,36)43-16-12(4-40-46(37,38)44-17)42-20(15(16)33)30-6-28-13-18(30)26-5-27-19(13)34/h1-2,5-6,11-12,14-17,20-21,32-33H,3-4H2,(H,35,36)(H,37,38)(H,26,27,34)/t11-,12-,14?,15?,16?,17?,20-,21-/m1/s1. The number of halogens is 3.